The van der Waals surface area contributed by atoms with Crippen LogP contribution in [0.15, 0.2) is 68.9 Å². The van der Waals surface area contributed by atoms with Gasteiger partial charge in [-0.05, 0) is 44.0 Å². The van der Waals surface area contributed by atoms with E-state index in [0.717, 1.165) is 30.6 Å². The first-order chi connectivity index (χ1) is 13.5. The van der Waals surface area contributed by atoms with E-state index in [0.29, 0.717) is 6.54 Å². The zero-order valence-corrected chi connectivity index (χ0v) is 16.4. The van der Waals surface area contributed by atoms with Crippen molar-refractivity contribution in [3.05, 3.63) is 60.2 Å². The van der Waals surface area contributed by atoms with E-state index in [1.165, 1.54) is 0 Å². The van der Waals surface area contributed by atoms with Crippen LogP contribution in [-0.4, -0.2) is 32.7 Å². The van der Waals surface area contributed by atoms with Crippen LogP contribution in [0.3, 0.4) is 0 Å². The number of aryl methyl sites for hydroxylation is 1. The zero-order chi connectivity index (χ0) is 19.6. The van der Waals surface area contributed by atoms with Gasteiger partial charge in [0.2, 0.25) is 26.6 Å². The first kappa shape index (κ1) is 18.7. The number of ether oxygens (including phenoxy) is 1. The first-order valence-electron chi connectivity index (χ1n) is 9.27. The van der Waals surface area contributed by atoms with E-state index in [2.05, 4.69) is 10.3 Å². The molecule has 1 saturated heterocycles. The van der Waals surface area contributed by atoms with Crippen molar-refractivity contribution in [2.24, 2.45) is 0 Å². The number of nitrogens with one attached hydrogen (secondary N) is 1. The maximum absolute atomic E-state index is 13.2. The summed E-state index contributed by atoms with van der Waals surface area (Å²) in [4.78, 5) is 4.54. The lowest BCUT2D eigenvalue weighted by molar-refractivity contribution is 0.120. The van der Waals surface area contributed by atoms with Crippen molar-refractivity contribution in [2.75, 3.05) is 18.5 Å². The Hall–Kier alpha value is -2.64. The van der Waals surface area contributed by atoms with Gasteiger partial charge in [-0.15, -0.1) is 0 Å². The first-order valence-corrected chi connectivity index (χ1v) is 10.8. The Kier molecular flexibility index (Phi) is 5.19. The van der Waals surface area contributed by atoms with Crippen molar-refractivity contribution in [1.82, 2.24) is 4.98 Å². The predicted molar refractivity (Wildman–Crippen MR) is 106 cm³/mol. The molecule has 2 heterocycles. The van der Waals surface area contributed by atoms with Gasteiger partial charge < -0.3 is 14.5 Å². The number of benzene rings is 2. The second-order valence-corrected chi connectivity index (χ2v) is 8.72. The highest BCUT2D eigenvalue weighted by Crippen LogP contribution is 2.32. The van der Waals surface area contributed by atoms with Crippen LogP contribution in [0.4, 0.5) is 5.88 Å². The maximum Gasteiger partial charge on any atom is 0.233 e. The molecule has 0 aliphatic carbocycles. The molecule has 1 aliphatic heterocycles. The van der Waals surface area contributed by atoms with Crippen molar-refractivity contribution < 1.29 is 17.6 Å². The van der Waals surface area contributed by atoms with E-state index in [1.54, 1.807) is 30.3 Å². The van der Waals surface area contributed by atoms with Crippen LogP contribution in [0.5, 0.6) is 0 Å². The summed E-state index contributed by atoms with van der Waals surface area (Å²) in [5, 5.41) is 3.00. The third-order valence-corrected chi connectivity index (χ3v) is 6.36. The molecule has 1 N–H and O–H groups in total. The smallest absolute Gasteiger partial charge is 0.233 e. The van der Waals surface area contributed by atoms with Gasteiger partial charge in [0, 0.05) is 18.7 Å². The Morgan fingerprint density at radius 1 is 1.14 bits per heavy atom. The average molecular weight is 398 g/mol. The molecule has 3 aromatic rings. The van der Waals surface area contributed by atoms with E-state index in [4.69, 9.17) is 9.15 Å². The molecule has 0 spiro atoms. The Morgan fingerprint density at radius 2 is 1.96 bits per heavy atom. The molecule has 1 aliphatic rings. The minimum Gasteiger partial charge on any atom is -0.419 e. The molecule has 2 aromatic carbocycles. The van der Waals surface area contributed by atoms with Crippen molar-refractivity contribution in [3.63, 3.8) is 0 Å². The van der Waals surface area contributed by atoms with Crippen LogP contribution in [0.2, 0.25) is 0 Å². The standard InChI is InChI=1S/C21H22N2O4S/c1-15-7-5-8-16(13-15)19-23-21(28(24,25)18-10-3-2-4-11-18)20(27-19)22-14-17-9-6-12-26-17/h2-5,7-8,10-11,13,17,22H,6,9,12,14H2,1H3. The molecule has 0 radical (unpaired) electrons. The van der Waals surface area contributed by atoms with Gasteiger partial charge in [-0.3, -0.25) is 0 Å². The largest absolute Gasteiger partial charge is 0.419 e. The SMILES string of the molecule is Cc1cccc(-c2nc(S(=O)(=O)c3ccccc3)c(NCC3CCCO3)o2)c1. The second-order valence-electron chi connectivity index (χ2n) is 6.86. The normalized spacial score (nSPS) is 17.0. The fourth-order valence-electron chi connectivity index (χ4n) is 3.22. The average Bonchev–Trinajstić information content (AvgIpc) is 3.37. The number of hydrogen-bond acceptors (Lipinski definition) is 6. The van der Waals surface area contributed by atoms with Gasteiger partial charge in [-0.25, -0.2) is 8.42 Å². The highest BCUT2D eigenvalue weighted by atomic mass is 32.2. The van der Waals surface area contributed by atoms with Crippen LogP contribution in [-0.2, 0) is 14.6 Å². The van der Waals surface area contributed by atoms with Gasteiger partial charge >= 0.3 is 0 Å². The fourth-order valence-corrected chi connectivity index (χ4v) is 4.52. The van der Waals surface area contributed by atoms with Crippen LogP contribution in [0.25, 0.3) is 11.5 Å². The molecule has 1 fully saturated rings. The summed E-state index contributed by atoms with van der Waals surface area (Å²) in [6.45, 7) is 3.16. The molecule has 0 bridgehead atoms. The minimum absolute atomic E-state index is 0.0415. The lowest BCUT2D eigenvalue weighted by Gasteiger charge is -2.10. The second kappa shape index (κ2) is 7.77. The molecule has 1 unspecified atom stereocenters. The summed E-state index contributed by atoms with van der Waals surface area (Å²) >= 11 is 0. The Morgan fingerprint density at radius 3 is 2.68 bits per heavy atom. The number of nitrogens with zero attached hydrogens (tertiary/aromatic N) is 1. The third kappa shape index (κ3) is 3.81. The Balaban J connectivity index is 1.74. The number of oxazole rings is 1. The zero-order valence-electron chi connectivity index (χ0n) is 15.6. The predicted octanol–water partition coefficient (Wildman–Crippen LogP) is 4.07. The summed E-state index contributed by atoms with van der Waals surface area (Å²) < 4.78 is 37.8. The highest BCUT2D eigenvalue weighted by molar-refractivity contribution is 7.91. The van der Waals surface area contributed by atoms with Gasteiger partial charge in [-0.2, -0.15) is 4.98 Å². The van der Waals surface area contributed by atoms with Crippen LogP contribution < -0.4 is 5.32 Å². The third-order valence-electron chi connectivity index (χ3n) is 4.68. The van der Waals surface area contributed by atoms with Crippen LogP contribution >= 0.6 is 0 Å². The molecule has 1 atom stereocenters. The molecule has 0 amide bonds. The number of sulfone groups is 1. The summed E-state index contributed by atoms with van der Waals surface area (Å²) in [7, 11) is -3.82. The molecular weight excluding hydrogens is 376 g/mol. The molecular formula is C21H22N2O4S. The van der Waals surface area contributed by atoms with Crippen molar-refractivity contribution in [2.45, 2.75) is 35.8 Å². The minimum atomic E-state index is -3.82. The molecule has 6 nitrogen and oxygen atoms in total. The monoisotopic (exact) mass is 398 g/mol. The summed E-state index contributed by atoms with van der Waals surface area (Å²) in [5.74, 6) is 0.420. The van der Waals surface area contributed by atoms with Gasteiger partial charge in [0.15, 0.2) is 0 Å². The lowest BCUT2D eigenvalue weighted by Crippen LogP contribution is -2.19. The van der Waals surface area contributed by atoms with E-state index < -0.39 is 9.84 Å². The van der Waals surface area contributed by atoms with Crippen LogP contribution in [0, 0.1) is 6.92 Å². The summed E-state index contributed by atoms with van der Waals surface area (Å²) in [6, 6.07) is 15.9. The topological polar surface area (TPSA) is 81.4 Å². The van der Waals surface area contributed by atoms with E-state index in [9.17, 15) is 8.42 Å². The maximum atomic E-state index is 13.2. The van der Waals surface area contributed by atoms with Crippen molar-refractivity contribution in [1.29, 1.82) is 0 Å². The number of aromatic nitrogens is 1. The molecule has 7 heteroatoms. The van der Waals surface area contributed by atoms with Gasteiger partial charge in [0.1, 0.15) is 0 Å². The van der Waals surface area contributed by atoms with E-state index in [1.807, 2.05) is 31.2 Å². The fraction of sp³-hybridized carbons (Fsp3) is 0.286. The number of rotatable bonds is 6. The molecule has 146 valence electrons. The van der Waals surface area contributed by atoms with E-state index in [-0.39, 0.29) is 27.8 Å². The summed E-state index contributed by atoms with van der Waals surface area (Å²) in [5.41, 5.74) is 1.77. The Bertz CT molecular complexity index is 1060. The number of anilines is 1. The lowest BCUT2D eigenvalue weighted by atomic mass is 10.1. The molecule has 4 rings (SSSR count). The van der Waals surface area contributed by atoms with E-state index >= 15 is 0 Å². The highest BCUT2D eigenvalue weighted by Gasteiger charge is 2.29. The quantitative estimate of drug-likeness (QED) is 0.674. The van der Waals surface area contributed by atoms with Crippen molar-refractivity contribution in [3.8, 4) is 11.5 Å². The van der Waals surface area contributed by atoms with Gasteiger partial charge in [-0.1, -0.05) is 35.9 Å². The van der Waals surface area contributed by atoms with Gasteiger partial charge in [0.05, 0.1) is 11.0 Å². The van der Waals surface area contributed by atoms with Gasteiger partial charge in [0.25, 0.3) is 0 Å². The van der Waals surface area contributed by atoms with Crippen molar-refractivity contribution >= 4 is 15.7 Å². The Labute approximate surface area is 164 Å². The molecule has 1 aromatic heterocycles. The van der Waals surface area contributed by atoms with Crippen LogP contribution in [0.1, 0.15) is 18.4 Å². The summed E-state index contributed by atoms with van der Waals surface area (Å²) in [6.07, 6.45) is 1.99. The number of hydrogen-bond donors (Lipinski definition) is 1. The molecule has 28 heavy (non-hydrogen) atoms. The molecule has 0 saturated carbocycles.